The predicted octanol–water partition coefficient (Wildman–Crippen LogP) is 2.25. The fraction of sp³-hybridized carbons (Fsp3) is 0.933. The molecule has 232 valence electrons. The van der Waals surface area contributed by atoms with Crippen LogP contribution in [-0.4, -0.2) is 104 Å². The Kier molecular flexibility index (Phi) is 12.0. The number of ether oxygens (including phenoxy) is 4. The number of ketones is 1. The molecule has 10 nitrogen and oxygen atoms in total. The Bertz CT molecular complexity index is 836. The van der Waals surface area contributed by atoms with E-state index in [1.54, 1.807) is 27.9 Å². The van der Waals surface area contributed by atoms with Gasteiger partial charge in [-0.15, -0.1) is 0 Å². The molecule has 0 saturated carbocycles. The van der Waals surface area contributed by atoms with Crippen molar-refractivity contribution < 1.29 is 33.6 Å². The van der Waals surface area contributed by atoms with Crippen LogP contribution in [0.2, 0.25) is 0 Å². The Morgan fingerprint density at radius 2 is 1.82 bits per heavy atom. The molecule has 3 aliphatic heterocycles. The Balaban J connectivity index is 1.84. The number of aliphatic hydroxyl groups excluding tert-OH is 1. The average Bonchev–Trinajstić information content (AvgIpc) is 3.42. The predicted molar refractivity (Wildman–Crippen MR) is 153 cm³/mol. The van der Waals surface area contributed by atoms with Crippen LogP contribution in [0.4, 0.5) is 0 Å². The molecule has 3 fully saturated rings. The first-order valence-electron chi connectivity index (χ1n) is 15.3. The molecule has 0 amide bonds. The van der Waals surface area contributed by atoms with Crippen molar-refractivity contribution in [3.8, 4) is 0 Å². The molecule has 40 heavy (non-hydrogen) atoms. The van der Waals surface area contributed by atoms with E-state index in [4.69, 9.17) is 24.7 Å². The first-order chi connectivity index (χ1) is 18.8. The third-order valence-electron chi connectivity index (χ3n) is 9.18. The number of likely N-dealkylation sites (tertiary alicyclic amines) is 1. The summed E-state index contributed by atoms with van der Waals surface area (Å²) in [6.07, 6.45) is 2.40. The lowest BCUT2D eigenvalue weighted by Gasteiger charge is -2.45. The van der Waals surface area contributed by atoms with E-state index in [0.717, 1.165) is 32.5 Å². The van der Waals surface area contributed by atoms with Crippen LogP contribution in [0.25, 0.3) is 0 Å². The molecular weight excluding hydrogens is 514 g/mol. The fourth-order valence-electron chi connectivity index (χ4n) is 6.56. The van der Waals surface area contributed by atoms with Gasteiger partial charge in [-0.3, -0.25) is 9.59 Å². The molecule has 3 rings (SSSR count). The van der Waals surface area contributed by atoms with E-state index in [-0.39, 0.29) is 30.5 Å². The Labute approximate surface area is 241 Å². The summed E-state index contributed by atoms with van der Waals surface area (Å²) in [5, 5.41) is 14.4. The van der Waals surface area contributed by atoms with Gasteiger partial charge in [-0.1, -0.05) is 13.8 Å². The van der Waals surface area contributed by atoms with Crippen LogP contribution in [0.5, 0.6) is 0 Å². The molecule has 0 unspecified atom stereocenters. The number of methoxy groups -OCH3 is 1. The summed E-state index contributed by atoms with van der Waals surface area (Å²) in [5.74, 6) is -1.46. The zero-order valence-corrected chi connectivity index (χ0v) is 25.8. The highest BCUT2D eigenvalue weighted by Gasteiger charge is 2.51. The third-order valence-corrected chi connectivity index (χ3v) is 9.18. The van der Waals surface area contributed by atoms with Gasteiger partial charge < -0.3 is 40.0 Å². The first kappa shape index (κ1) is 33.4. The second kappa shape index (κ2) is 14.4. The molecule has 0 aromatic heterocycles. The number of carbonyl (C=O) groups excluding carboxylic acids is 2. The largest absolute Gasteiger partial charge is 0.463 e. The summed E-state index contributed by atoms with van der Waals surface area (Å²) in [4.78, 5) is 29.7. The van der Waals surface area contributed by atoms with Crippen molar-refractivity contribution in [1.29, 1.82) is 0 Å². The second-order valence-corrected chi connectivity index (χ2v) is 13.3. The summed E-state index contributed by atoms with van der Waals surface area (Å²) in [7, 11) is 1.61. The van der Waals surface area contributed by atoms with E-state index >= 15 is 0 Å². The summed E-state index contributed by atoms with van der Waals surface area (Å²) >= 11 is 0. The lowest BCUT2D eigenvalue weighted by Crippen LogP contribution is -2.59. The molecule has 4 N–H and O–H groups in total. The third kappa shape index (κ3) is 8.24. The maximum Gasteiger partial charge on any atom is 0.319 e. The zero-order chi connectivity index (χ0) is 29.7. The number of cyclic esters (lactones) is 1. The van der Waals surface area contributed by atoms with Crippen LogP contribution < -0.4 is 11.1 Å². The van der Waals surface area contributed by atoms with E-state index in [0.29, 0.717) is 19.4 Å². The van der Waals surface area contributed by atoms with E-state index in [2.05, 4.69) is 17.1 Å². The highest BCUT2D eigenvalue weighted by atomic mass is 16.7. The van der Waals surface area contributed by atoms with E-state index in [1.165, 1.54) is 12.8 Å². The van der Waals surface area contributed by atoms with Crippen LogP contribution in [0, 0.1) is 17.3 Å². The minimum Gasteiger partial charge on any atom is -0.463 e. The van der Waals surface area contributed by atoms with Crippen LogP contribution in [0.1, 0.15) is 80.1 Å². The molecular formula is C30H55N3O7. The molecule has 0 radical (unpaired) electrons. The summed E-state index contributed by atoms with van der Waals surface area (Å²) < 4.78 is 24.3. The number of nitrogens with one attached hydrogen (secondary N) is 1. The van der Waals surface area contributed by atoms with Crippen LogP contribution >= 0.6 is 0 Å². The summed E-state index contributed by atoms with van der Waals surface area (Å²) in [6, 6.07) is -0.520. The monoisotopic (exact) mass is 569 g/mol. The van der Waals surface area contributed by atoms with Crippen molar-refractivity contribution in [3.05, 3.63) is 0 Å². The normalized spacial score (nSPS) is 40.6. The van der Waals surface area contributed by atoms with Gasteiger partial charge in [-0.05, 0) is 98.3 Å². The van der Waals surface area contributed by atoms with Gasteiger partial charge in [0.25, 0.3) is 0 Å². The average molecular weight is 570 g/mol. The van der Waals surface area contributed by atoms with Crippen molar-refractivity contribution >= 4 is 11.8 Å². The first-order valence-corrected chi connectivity index (χ1v) is 15.3. The zero-order valence-electron chi connectivity index (χ0n) is 25.8. The van der Waals surface area contributed by atoms with Crippen molar-refractivity contribution in [1.82, 2.24) is 10.2 Å². The minimum atomic E-state index is -1.40. The number of hydrogen-bond donors (Lipinski definition) is 3. The lowest BCUT2D eigenvalue weighted by atomic mass is 9.74. The molecule has 0 bridgehead atoms. The molecule has 0 aromatic rings. The highest BCUT2D eigenvalue weighted by Crippen LogP contribution is 2.37. The van der Waals surface area contributed by atoms with Gasteiger partial charge in [0, 0.05) is 25.1 Å². The van der Waals surface area contributed by atoms with Crippen molar-refractivity contribution in [2.45, 2.75) is 122 Å². The molecule has 0 aliphatic carbocycles. The molecule has 3 aliphatic rings. The lowest BCUT2D eigenvalue weighted by molar-refractivity contribution is -0.288. The Morgan fingerprint density at radius 3 is 2.48 bits per heavy atom. The number of nitrogens with two attached hydrogens (primary N) is 1. The number of Topliss-reactive ketones (excluding diaryl/α,β-unsaturated/α-hetero) is 1. The Hall–Kier alpha value is -1.14. The molecule has 9 atom stereocenters. The summed E-state index contributed by atoms with van der Waals surface area (Å²) in [6.45, 7) is 15.2. The van der Waals surface area contributed by atoms with Crippen LogP contribution in [0.3, 0.4) is 0 Å². The number of esters is 1. The van der Waals surface area contributed by atoms with Crippen LogP contribution in [0.15, 0.2) is 0 Å². The number of hydrogen-bond acceptors (Lipinski definition) is 10. The molecule has 10 heteroatoms. The molecule has 3 saturated heterocycles. The van der Waals surface area contributed by atoms with Gasteiger partial charge in [0.1, 0.15) is 18.1 Å². The Morgan fingerprint density at radius 1 is 1.15 bits per heavy atom. The van der Waals surface area contributed by atoms with Crippen LogP contribution in [-0.2, 0) is 28.5 Å². The smallest absolute Gasteiger partial charge is 0.319 e. The quantitative estimate of drug-likeness (QED) is 0.310. The number of carbonyl (C=O) groups is 2. The number of rotatable bonds is 7. The van der Waals surface area contributed by atoms with Crippen molar-refractivity contribution in [2.75, 3.05) is 39.9 Å². The van der Waals surface area contributed by atoms with Gasteiger partial charge in [-0.2, -0.15) is 0 Å². The SMILES string of the molecule is CO[C@]1(C)C[C@@H](C)CN[C@H](CCCN2CCCC2)COC(=O)C(C)(C)C(=O)[C@H](C)[C@H]1O[C@@H]1O[C@H](C)C[C@H](N)[C@H]1O. The standard InChI is InChI=1S/C30H55N3O7/c1-19-16-30(6,37-7)26(40-27-24(34)23(31)15-20(2)39-27)21(3)25(35)29(4,5)28(36)38-18-22(32-17-19)11-10-14-33-12-8-9-13-33/h19-24,26-27,32,34H,8-18,31H2,1-7H3/t19-,20-,21+,22-,23+,24-,26-,27+,30-/m1/s1. The topological polar surface area (TPSA) is 133 Å². The van der Waals surface area contributed by atoms with Crippen molar-refractivity contribution in [3.63, 3.8) is 0 Å². The second-order valence-electron chi connectivity index (χ2n) is 13.3. The minimum absolute atomic E-state index is 0.00677. The van der Waals surface area contributed by atoms with E-state index in [1.807, 2.05) is 13.8 Å². The van der Waals surface area contributed by atoms with Gasteiger partial charge in [0.05, 0.1) is 17.8 Å². The maximum absolute atomic E-state index is 13.9. The number of nitrogens with zero attached hydrogens (tertiary/aromatic N) is 1. The van der Waals surface area contributed by atoms with Gasteiger partial charge in [0.15, 0.2) is 12.1 Å². The molecule has 0 spiro atoms. The van der Waals surface area contributed by atoms with Gasteiger partial charge in [-0.25, -0.2) is 0 Å². The summed E-state index contributed by atoms with van der Waals surface area (Å²) in [5.41, 5.74) is 3.86. The van der Waals surface area contributed by atoms with Gasteiger partial charge >= 0.3 is 5.97 Å². The van der Waals surface area contributed by atoms with Gasteiger partial charge in [0.2, 0.25) is 0 Å². The number of aliphatic hydroxyl groups is 1. The van der Waals surface area contributed by atoms with E-state index < -0.39 is 47.4 Å². The fourth-order valence-corrected chi connectivity index (χ4v) is 6.56. The van der Waals surface area contributed by atoms with Crippen molar-refractivity contribution in [2.24, 2.45) is 23.0 Å². The molecule has 0 aromatic carbocycles. The highest BCUT2D eigenvalue weighted by molar-refractivity contribution is 6.04. The maximum atomic E-state index is 13.9. The molecule has 3 heterocycles. The van der Waals surface area contributed by atoms with E-state index in [9.17, 15) is 14.7 Å².